The summed E-state index contributed by atoms with van der Waals surface area (Å²) in [6, 6.07) is 12.1. The van der Waals surface area contributed by atoms with Crippen molar-refractivity contribution in [2.24, 2.45) is 0 Å². The molecule has 0 N–H and O–H groups in total. The Kier molecular flexibility index (Phi) is 4.04. The molecule has 122 valence electrons. The molecule has 3 aromatic rings. The molecule has 0 aliphatic rings. The second kappa shape index (κ2) is 6.16. The summed E-state index contributed by atoms with van der Waals surface area (Å²) in [4.78, 5) is 10.6. The van der Waals surface area contributed by atoms with Crippen LogP contribution in [0.4, 0.5) is 5.69 Å². The Balaban J connectivity index is 1.99. The number of nitro groups is 1. The first-order valence-electron chi connectivity index (χ1n) is 7.52. The molecule has 0 aliphatic carbocycles. The lowest BCUT2D eigenvalue weighted by molar-refractivity contribution is -0.386. The highest BCUT2D eigenvalue weighted by Crippen LogP contribution is 2.26. The Bertz CT molecular complexity index is 921. The van der Waals surface area contributed by atoms with Gasteiger partial charge in [-0.05, 0) is 56.7 Å². The number of aryl methyl sites for hydroxylation is 2. The Hall–Kier alpha value is -3.15. The van der Waals surface area contributed by atoms with E-state index in [1.807, 2.05) is 56.3 Å². The molecule has 0 saturated carbocycles. The molecule has 24 heavy (non-hydrogen) atoms. The predicted molar refractivity (Wildman–Crippen MR) is 92.1 cm³/mol. The lowest BCUT2D eigenvalue weighted by Crippen LogP contribution is -1.98. The molecule has 0 saturated heterocycles. The van der Waals surface area contributed by atoms with Gasteiger partial charge in [-0.3, -0.25) is 10.1 Å². The summed E-state index contributed by atoms with van der Waals surface area (Å²) < 4.78 is 7.19. The third kappa shape index (κ3) is 2.74. The second-order valence-corrected chi connectivity index (χ2v) is 5.57. The number of hydrogen-bond donors (Lipinski definition) is 0. The topological polar surface area (TPSA) is 74.1 Å². The monoisotopic (exact) mass is 323 g/mol. The Morgan fingerprint density at radius 1 is 1.17 bits per heavy atom. The maximum absolute atomic E-state index is 11.1. The van der Waals surface area contributed by atoms with Crippen LogP contribution in [0.2, 0.25) is 0 Å². The Morgan fingerprint density at radius 3 is 2.54 bits per heavy atom. The quantitative estimate of drug-likeness (QED) is 0.524. The molecule has 0 radical (unpaired) electrons. The normalized spacial score (nSPS) is 11.3. The lowest BCUT2D eigenvalue weighted by atomic mass is 10.2. The van der Waals surface area contributed by atoms with Crippen LogP contribution < -0.4 is 0 Å². The van der Waals surface area contributed by atoms with Crippen molar-refractivity contribution in [3.05, 3.63) is 74.9 Å². The molecular formula is C18H17N3O3. The van der Waals surface area contributed by atoms with E-state index in [1.165, 1.54) is 0 Å². The first-order chi connectivity index (χ1) is 11.5. The van der Waals surface area contributed by atoms with Crippen LogP contribution in [-0.4, -0.2) is 14.6 Å². The minimum atomic E-state index is -0.473. The van der Waals surface area contributed by atoms with Gasteiger partial charge in [0.25, 0.3) is 0 Å². The zero-order valence-electron chi connectivity index (χ0n) is 13.7. The summed E-state index contributed by atoms with van der Waals surface area (Å²) in [5, 5.41) is 14.8. The van der Waals surface area contributed by atoms with E-state index in [0.29, 0.717) is 0 Å². The highest BCUT2D eigenvalue weighted by molar-refractivity contribution is 5.73. The molecule has 2 heterocycles. The average Bonchev–Trinajstić information content (AvgIpc) is 3.06. The molecule has 6 heteroatoms. The van der Waals surface area contributed by atoms with Gasteiger partial charge in [0.15, 0.2) is 5.69 Å². The van der Waals surface area contributed by atoms with Gasteiger partial charge in [-0.1, -0.05) is 23.4 Å². The van der Waals surface area contributed by atoms with E-state index in [2.05, 4.69) is 9.72 Å². The Morgan fingerprint density at radius 2 is 1.88 bits per heavy atom. The second-order valence-electron chi connectivity index (χ2n) is 5.57. The van der Waals surface area contributed by atoms with Crippen LogP contribution in [0.15, 0.2) is 40.9 Å². The molecule has 0 bridgehead atoms. The zero-order chi connectivity index (χ0) is 17.3. The summed E-state index contributed by atoms with van der Waals surface area (Å²) in [5.74, 6) is 0.155. The first-order valence-corrected chi connectivity index (χ1v) is 7.52. The number of hydrogen-bond acceptors (Lipinski definition) is 4. The van der Waals surface area contributed by atoms with E-state index in [9.17, 15) is 10.1 Å². The van der Waals surface area contributed by atoms with Gasteiger partial charge in [0, 0.05) is 17.1 Å². The molecule has 2 aromatic heterocycles. The molecule has 0 unspecified atom stereocenters. The van der Waals surface area contributed by atoms with Crippen molar-refractivity contribution in [1.82, 2.24) is 9.72 Å². The molecule has 0 spiro atoms. The van der Waals surface area contributed by atoms with Crippen LogP contribution in [0.25, 0.3) is 17.8 Å². The SMILES string of the molecule is Cc1noc(/C=C\c2cc(C)n(-c3ccccc3)c2C)c1[N+](=O)[O-]. The van der Waals surface area contributed by atoms with Crippen molar-refractivity contribution < 1.29 is 9.45 Å². The van der Waals surface area contributed by atoms with E-state index in [-0.39, 0.29) is 17.1 Å². The number of para-hydroxylation sites is 1. The Labute approximate surface area is 139 Å². The van der Waals surface area contributed by atoms with Crippen LogP contribution >= 0.6 is 0 Å². The summed E-state index contributed by atoms with van der Waals surface area (Å²) in [5.41, 5.74) is 4.36. The largest absolute Gasteiger partial charge is 0.349 e. The first kappa shape index (κ1) is 15.7. The van der Waals surface area contributed by atoms with Crippen LogP contribution in [-0.2, 0) is 0 Å². The minimum Gasteiger partial charge on any atom is -0.349 e. The summed E-state index contributed by atoms with van der Waals surface area (Å²) in [6.45, 7) is 5.60. The lowest BCUT2D eigenvalue weighted by Gasteiger charge is -2.09. The van der Waals surface area contributed by atoms with Crippen molar-refractivity contribution in [3.63, 3.8) is 0 Å². The van der Waals surface area contributed by atoms with E-state index in [4.69, 9.17) is 4.52 Å². The number of rotatable bonds is 4. The van der Waals surface area contributed by atoms with Crippen LogP contribution in [0.5, 0.6) is 0 Å². The van der Waals surface area contributed by atoms with Gasteiger partial charge in [0.2, 0.25) is 5.76 Å². The third-order valence-electron chi connectivity index (χ3n) is 3.94. The maximum Gasteiger partial charge on any atom is 0.338 e. The van der Waals surface area contributed by atoms with Crippen molar-refractivity contribution in [3.8, 4) is 5.69 Å². The fourth-order valence-corrected chi connectivity index (χ4v) is 2.81. The van der Waals surface area contributed by atoms with Gasteiger partial charge in [-0.2, -0.15) is 0 Å². The number of aromatic nitrogens is 2. The van der Waals surface area contributed by atoms with Gasteiger partial charge in [-0.15, -0.1) is 0 Å². The summed E-state index contributed by atoms with van der Waals surface area (Å²) >= 11 is 0. The molecule has 1 aromatic carbocycles. The summed E-state index contributed by atoms with van der Waals surface area (Å²) in [7, 11) is 0. The average molecular weight is 323 g/mol. The molecule has 6 nitrogen and oxygen atoms in total. The van der Waals surface area contributed by atoms with Crippen molar-refractivity contribution >= 4 is 17.8 Å². The molecule has 0 amide bonds. The van der Waals surface area contributed by atoms with Gasteiger partial charge >= 0.3 is 5.69 Å². The zero-order valence-corrected chi connectivity index (χ0v) is 13.7. The van der Waals surface area contributed by atoms with Gasteiger partial charge in [0.05, 0.1) is 4.92 Å². The van der Waals surface area contributed by atoms with Gasteiger partial charge in [0.1, 0.15) is 0 Å². The van der Waals surface area contributed by atoms with Crippen molar-refractivity contribution in [2.75, 3.05) is 0 Å². The maximum atomic E-state index is 11.1. The van der Waals surface area contributed by atoms with Crippen LogP contribution in [0, 0.1) is 30.9 Å². The van der Waals surface area contributed by atoms with E-state index in [0.717, 1.165) is 22.6 Å². The molecule has 3 rings (SSSR count). The standard InChI is InChI=1S/C18H17N3O3/c1-12-11-15(14(3)20(12)16-7-5-4-6-8-16)9-10-17-18(21(22)23)13(2)19-24-17/h4-11H,1-3H3/b10-9-. The molecule has 0 fully saturated rings. The van der Waals surface area contributed by atoms with Crippen molar-refractivity contribution in [2.45, 2.75) is 20.8 Å². The fraction of sp³-hybridized carbons (Fsp3) is 0.167. The van der Waals surface area contributed by atoms with E-state index < -0.39 is 4.92 Å². The fourth-order valence-electron chi connectivity index (χ4n) is 2.81. The number of benzene rings is 1. The number of nitrogens with zero attached hydrogens (tertiary/aromatic N) is 3. The van der Waals surface area contributed by atoms with Crippen LogP contribution in [0.1, 0.15) is 28.4 Å². The van der Waals surface area contributed by atoms with Crippen molar-refractivity contribution in [1.29, 1.82) is 0 Å². The van der Waals surface area contributed by atoms with E-state index >= 15 is 0 Å². The van der Waals surface area contributed by atoms with Gasteiger partial charge in [-0.25, -0.2) is 0 Å². The minimum absolute atomic E-state index is 0.0943. The van der Waals surface area contributed by atoms with Gasteiger partial charge < -0.3 is 9.09 Å². The molecule has 0 atom stereocenters. The third-order valence-corrected chi connectivity index (χ3v) is 3.94. The molecular weight excluding hydrogens is 306 g/mol. The van der Waals surface area contributed by atoms with E-state index in [1.54, 1.807) is 13.0 Å². The summed E-state index contributed by atoms with van der Waals surface area (Å²) in [6.07, 6.45) is 3.41. The molecule has 0 aliphatic heterocycles. The smallest absolute Gasteiger partial charge is 0.338 e. The highest BCUT2D eigenvalue weighted by atomic mass is 16.6. The highest BCUT2D eigenvalue weighted by Gasteiger charge is 2.22. The van der Waals surface area contributed by atoms with Crippen LogP contribution in [0.3, 0.4) is 0 Å². The predicted octanol–water partition coefficient (Wildman–Crippen LogP) is 4.47.